The minimum Gasteiger partial charge on any atom is -0.353 e. The van der Waals surface area contributed by atoms with E-state index < -0.39 is 11.6 Å². The Morgan fingerprint density at radius 3 is 2.68 bits per heavy atom. The third-order valence-electron chi connectivity index (χ3n) is 2.83. The van der Waals surface area contributed by atoms with Crippen LogP contribution in [0.3, 0.4) is 0 Å². The highest BCUT2D eigenvalue weighted by Gasteiger charge is 2.10. The summed E-state index contributed by atoms with van der Waals surface area (Å²) in [4.78, 5) is 3.78. The van der Waals surface area contributed by atoms with Crippen molar-refractivity contribution in [1.82, 2.24) is 4.98 Å². The number of hydrogen-bond acceptors (Lipinski definition) is 3. The Bertz CT molecular complexity index is 612. The molecule has 2 rings (SSSR count). The zero-order chi connectivity index (χ0) is 13.8. The zero-order valence-corrected chi connectivity index (χ0v) is 10.4. The van der Waals surface area contributed by atoms with E-state index in [1.165, 1.54) is 18.3 Å². The molecule has 1 aromatic heterocycles. The summed E-state index contributed by atoms with van der Waals surface area (Å²) < 4.78 is 27.1. The van der Waals surface area contributed by atoms with Crippen LogP contribution >= 0.6 is 0 Å². The maximum Gasteiger partial charge on any atom is 0.146 e. The maximum absolute atomic E-state index is 13.6. The number of nitrogens with one attached hydrogen (secondary N) is 2. The van der Waals surface area contributed by atoms with Crippen LogP contribution in [-0.2, 0) is 6.42 Å². The van der Waals surface area contributed by atoms with Crippen LogP contribution in [-0.4, -0.2) is 11.2 Å². The first kappa shape index (κ1) is 13.1. The Kier molecular flexibility index (Phi) is 3.85. The predicted molar refractivity (Wildman–Crippen MR) is 71.1 cm³/mol. The molecule has 0 unspecified atom stereocenters. The Morgan fingerprint density at radius 2 is 2.00 bits per heavy atom. The first-order chi connectivity index (χ1) is 9.17. The van der Waals surface area contributed by atoms with Crippen molar-refractivity contribution in [2.45, 2.75) is 13.3 Å². The van der Waals surface area contributed by atoms with Gasteiger partial charge < -0.3 is 10.7 Å². The second kappa shape index (κ2) is 5.56. The molecular formula is C14H13F2N3. The molecule has 5 heteroatoms. The fraction of sp³-hybridized carbons (Fsp3) is 0.143. The number of rotatable bonds is 4. The van der Waals surface area contributed by atoms with Gasteiger partial charge in [0.05, 0.1) is 29.3 Å². The van der Waals surface area contributed by atoms with Crippen LogP contribution in [0.4, 0.5) is 20.2 Å². The van der Waals surface area contributed by atoms with E-state index in [0.29, 0.717) is 23.4 Å². The third kappa shape index (κ3) is 2.59. The quantitative estimate of drug-likeness (QED) is 0.825. The number of aromatic nitrogens is 1. The van der Waals surface area contributed by atoms with Crippen molar-refractivity contribution in [3.63, 3.8) is 0 Å². The molecule has 0 amide bonds. The molecule has 0 aliphatic carbocycles. The molecule has 1 aromatic carbocycles. The molecule has 0 atom stereocenters. The summed E-state index contributed by atoms with van der Waals surface area (Å²) in [7, 11) is 0. The summed E-state index contributed by atoms with van der Waals surface area (Å²) in [6, 6.07) is 4.44. The number of anilines is 2. The molecule has 0 radical (unpaired) electrons. The number of benzene rings is 1. The minimum absolute atomic E-state index is 0.133. The van der Waals surface area contributed by atoms with E-state index in [-0.39, 0.29) is 5.56 Å². The van der Waals surface area contributed by atoms with Crippen molar-refractivity contribution in [1.29, 1.82) is 5.41 Å². The van der Waals surface area contributed by atoms with E-state index in [1.54, 1.807) is 6.07 Å². The Hall–Kier alpha value is -2.30. The van der Waals surface area contributed by atoms with Crippen LogP contribution in [0.2, 0.25) is 0 Å². The van der Waals surface area contributed by atoms with Gasteiger partial charge in [0.2, 0.25) is 0 Å². The Balaban J connectivity index is 2.45. The van der Waals surface area contributed by atoms with Gasteiger partial charge in [-0.3, -0.25) is 4.98 Å². The van der Waals surface area contributed by atoms with E-state index in [9.17, 15) is 8.78 Å². The van der Waals surface area contributed by atoms with E-state index in [0.717, 1.165) is 12.4 Å². The molecule has 98 valence electrons. The molecule has 3 nitrogen and oxygen atoms in total. The topological polar surface area (TPSA) is 48.8 Å². The molecule has 0 aliphatic rings. The number of nitrogens with zero attached hydrogens (tertiary/aromatic N) is 1. The van der Waals surface area contributed by atoms with Gasteiger partial charge in [0.1, 0.15) is 11.6 Å². The van der Waals surface area contributed by atoms with Crippen molar-refractivity contribution in [3.05, 3.63) is 53.4 Å². The average Bonchev–Trinajstić information content (AvgIpc) is 2.39. The van der Waals surface area contributed by atoms with E-state index >= 15 is 0 Å². The lowest BCUT2D eigenvalue weighted by Gasteiger charge is -2.13. The largest absolute Gasteiger partial charge is 0.353 e. The molecule has 2 aromatic rings. The van der Waals surface area contributed by atoms with Gasteiger partial charge in [0.25, 0.3) is 0 Å². The zero-order valence-electron chi connectivity index (χ0n) is 10.4. The molecule has 19 heavy (non-hydrogen) atoms. The van der Waals surface area contributed by atoms with Crippen LogP contribution in [0, 0.1) is 17.0 Å². The molecule has 0 saturated heterocycles. The van der Waals surface area contributed by atoms with Crippen molar-refractivity contribution in [2.75, 3.05) is 5.32 Å². The molecule has 0 aliphatic heterocycles. The SMILES string of the molecule is CCc1c(F)cncc1Nc1cccc(F)c1C=N. The van der Waals surface area contributed by atoms with Gasteiger partial charge in [0.15, 0.2) is 0 Å². The summed E-state index contributed by atoms with van der Waals surface area (Å²) in [6.07, 6.45) is 4.05. The van der Waals surface area contributed by atoms with Crippen LogP contribution in [0.15, 0.2) is 30.6 Å². The lowest BCUT2D eigenvalue weighted by Crippen LogP contribution is -2.02. The Labute approximate surface area is 109 Å². The fourth-order valence-electron chi connectivity index (χ4n) is 1.87. The average molecular weight is 261 g/mol. The standard InChI is InChI=1S/C14H13F2N3/c1-2-9-12(16)7-18-8-14(9)19-13-5-3-4-11(15)10(13)6-17/h3-8,17,19H,2H2,1H3. The Morgan fingerprint density at radius 1 is 1.21 bits per heavy atom. The van der Waals surface area contributed by atoms with Gasteiger partial charge in [-0.1, -0.05) is 13.0 Å². The van der Waals surface area contributed by atoms with Gasteiger partial charge in [-0.05, 0) is 18.6 Å². The lowest BCUT2D eigenvalue weighted by molar-refractivity contribution is 0.606. The van der Waals surface area contributed by atoms with Crippen LogP contribution in [0.1, 0.15) is 18.1 Å². The molecule has 2 N–H and O–H groups in total. The molecule has 1 heterocycles. The summed E-state index contributed by atoms with van der Waals surface area (Å²) in [6.45, 7) is 1.83. The van der Waals surface area contributed by atoms with Gasteiger partial charge in [-0.25, -0.2) is 8.78 Å². The summed E-state index contributed by atoms with van der Waals surface area (Å²) >= 11 is 0. The normalized spacial score (nSPS) is 10.3. The molecule has 0 bridgehead atoms. The van der Waals surface area contributed by atoms with Gasteiger partial charge >= 0.3 is 0 Å². The van der Waals surface area contributed by atoms with E-state index in [1.807, 2.05) is 6.92 Å². The maximum atomic E-state index is 13.6. The highest BCUT2D eigenvalue weighted by Crippen LogP contribution is 2.25. The highest BCUT2D eigenvalue weighted by molar-refractivity contribution is 5.87. The summed E-state index contributed by atoms with van der Waals surface area (Å²) in [5.74, 6) is -0.900. The second-order valence-corrected chi connectivity index (χ2v) is 3.97. The third-order valence-corrected chi connectivity index (χ3v) is 2.83. The number of hydrogen-bond donors (Lipinski definition) is 2. The van der Waals surface area contributed by atoms with Gasteiger partial charge in [0, 0.05) is 11.8 Å². The van der Waals surface area contributed by atoms with Crippen molar-refractivity contribution in [3.8, 4) is 0 Å². The number of halogens is 2. The first-order valence-electron chi connectivity index (χ1n) is 5.85. The smallest absolute Gasteiger partial charge is 0.146 e. The highest BCUT2D eigenvalue weighted by atomic mass is 19.1. The van der Waals surface area contributed by atoms with Crippen molar-refractivity contribution < 1.29 is 8.78 Å². The summed E-state index contributed by atoms with van der Waals surface area (Å²) in [5, 5.41) is 10.2. The van der Waals surface area contributed by atoms with Crippen LogP contribution < -0.4 is 5.32 Å². The van der Waals surface area contributed by atoms with Crippen molar-refractivity contribution in [2.24, 2.45) is 0 Å². The van der Waals surface area contributed by atoms with Crippen LogP contribution in [0.25, 0.3) is 0 Å². The van der Waals surface area contributed by atoms with E-state index in [2.05, 4.69) is 10.3 Å². The molecule has 0 saturated carbocycles. The monoisotopic (exact) mass is 261 g/mol. The summed E-state index contributed by atoms with van der Waals surface area (Å²) in [5.41, 5.74) is 1.51. The molecular weight excluding hydrogens is 248 g/mol. The van der Waals surface area contributed by atoms with Crippen LogP contribution in [0.5, 0.6) is 0 Å². The first-order valence-corrected chi connectivity index (χ1v) is 5.85. The van der Waals surface area contributed by atoms with Crippen molar-refractivity contribution >= 4 is 17.6 Å². The second-order valence-electron chi connectivity index (χ2n) is 3.97. The van der Waals surface area contributed by atoms with E-state index in [4.69, 9.17) is 5.41 Å². The minimum atomic E-state index is -0.498. The predicted octanol–water partition coefficient (Wildman–Crippen LogP) is 3.66. The molecule has 0 spiro atoms. The van der Waals surface area contributed by atoms with Gasteiger partial charge in [-0.2, -0.15) is 0 Å². The fourth-order valence-corrected chi connectivity index (χ4v) is 1.87. The lowest BCUT2D eigenvalue weighted by atomic mass is 10.1. The van der Waals surface area contributed by atoms with Gasteiger partial charge in [-0.15, -0.1) is 0 Å². The molecule has 0 fully saturated rings. The number of pyridine rings is 1.